The molecule has 170 valence electrons. The molecule has 0 aliphatic carbocycles. The number of halogens is 1. The van der Waals surface area contributed by atoms with Gasteiger partial charge in [-0.1, -0.05) is 60.2 Å². The molecule has 0 atom stereocenters. The lowest BCUT2D eigenvalue weighted by molar-refractivity contribution is 0.317. The molecule has 0 amide bonds. The monoisotopic (exact) mass is 489 g/mol. The number of ether oxygens (including phenoxy) is 1. The van der Waals surface area contributed by atoms with Crippen LogP contribution in [0.5, 0.6) is 5.75 Å². The maximum atomic E-state index is 12.8. The first kappa shape index (κ1) is 22.1. The third-order valence-corrected chi connectivity index (χ3v) is 6.18. The zero-order valence-electron chi connectivity index (χ0n) is 18.3. The van der Waals surface area contributed by atoms with Gasteiger partial charge >= 0.3 is 0 Å². The molecule has 0 radical (unpaired) electrons. The fourth-order valence-corrected chi connectivity index (χ4v) is 4.43. The average Bonchev–Trinajstić information content (AvgIpc) is 3.54. The number of hydrogen-bond donors (Lipinski definition) is 0. The number of thiazole rings is 1. The Morgan fingerprint density at radius 3 is 2.74 bits per heavy atom. The van der Waals surface area contributed by atoms with Crippen molar-refractivity contribution in [2.45, 2.75) is 13.3 Å². The minimum atomic E-state index is -0.231. The molecule has 0 fully saturated rings. The van der Waals surface area contributed by atoms with Crippen molar-refractivity contribution in [1.82, 2.24) is 14.6 Å². The molecule has 3 heterocycles. The SMILES string of the molecule is CCCOc1ccc(/C=C/c2nc3s/c(=C\c4ccc(-c5cccc(Cl)c5)o4)c(=O)n3n2)cc1. The van der Waals surface area contributed by atoms with Gasteiger partial charge in [-0.15, -0.1) is 5.10 Å². The Labute approximate surface area is 204 Å². The van der Waals surface area contributed by atoms with E-state index in [1.165, 1.54) is 15.9 Å². The highest BCUT2D eigenvalue weighted by Crippen LogP contribution is 2.25. The summed E-state index contributed by atoms with van der Waals surface area (Å²) in [4.78, 5) is 17.8. The summed E-state index contributed by atoms with van der Waals surface area (Å²) in [7, 11) is 0. The van der Waals surface area contributed by atoms with Gasteiger partial charge in [0.15, 0.2) is 5.82 Å². The van der Waals surface area contributed by atoms with E-state index in [1.807, 2.05) is 66.7 Å². The molecular formula is C26H20ClN3O3S. The molecule has 0 aliphatic heterocycles. The van der Waals surface area contributed by atoms with Gasteiger partial charge in [-0.25, -0.2) is 0 Å². The number of aromatic nitrogens is 3. The van der Waals surface area contributed by atoms with E-state index in [1.54, 1.807) is 12.2 Å². The van der Waals surface area contributed by atoms with E-state index in [0.29, 0.717) is 38.5 Å². The van der Waals surface area contributed by atoms with E-state index in [9.17, 15) is 4.79 Å². The fraction of sp³-hybridized carbons (Fsp3) is 0.115. The van der Waals surface area contributed by atoms with Crippen LogP contribution in [0, 0.1) is 0 Å². The zero-order valence-corrected chi connectivity index (χ0v) is 19.8. The number of hydrogen-bond acceptors (Lipinski definition) is 6. The summed E-state index contributed by atoms with van der Waals surface area (Å²) in [5.41, 5.74) is 1.63. The van der Waals surface area contributed by atoms with Gasteiger partial charge in [-0.3, -0.25) is 4.79 Å². The van der Waals surface area contributed by atoms with Crippen LogP contribution in [0.3, 0.4) is 0 Å². The lowest BCUT2D eigenvalue weighted by Crippen LogP contribution is -2.23. The fourth-order valence-electron chi connectivity index (χ4n) is 3.34. The van der Waals surface area contributed by atoms with E-state index in [2.05, 4.69) is 17.0 Å². The molecule has 6 nitrogen and oxygen atoms in total. The van der Waals surface area contributed by atoms with E-state index in [4.69, 9.17) is 20.8 Å². The minimum absolute atomic E-state index is 0.231. The molecule has 2 aromatic carbocycles. The van der Waals surface area contributed by atoms with Crippen LogP contribution in [0.1, 0.15) is 30.5 Å². The van der Waals surface area contributed by atoms with Crippen LogP contribution < -0.4 is 14.8 Å². The second kappa shape index (κ2) is 9.67. The molecule has 0 bridgehead atoms. The molecule has 3 aromatic heterocycles. The van der Waals surface area contributed by atoms with Crippen LogP contribution in [0.2, 0.25) is 5.02 Å². The van der Waals surface area contributed by atoms with Crippen LogP contribution in [-0.2, 0) is 0 Å². The number of rotatable bonds is 7. The second-order valence-electron chi connectivity index (χ2n) is 7.54. The summed E-state index contributed by atoms with van der Waals surface area (Å²) < 4.78 is 13.3. The minimum Gasteiger partial charge on any atom is -0.494 e. The number of nitrogens with zero attached hydrogens (tertiary/aromatic N) is 3. The zero-order chi connectivity index (χ0) is 23.5. The molecule has 0 spiro atoms. The first-order valence-electron chi connectivity index (χ1n) is 10.8. The highest BCUT2D eigenvalue weighted by Gasteiger charge is 2.10. The molecule has 5 aromatic rings. The van der Waals surface area contributed by atoms with Gasteiger partial charge in [0, 0.05) is 16.7 Å². The number of fused-ring (bicyclic) bond motifs is 1. The van der Waals surface area contributed by atoms with Gasteiger partial charge in [0.25, 0.3) is 5.56 Å². The quantitative estimate of drug-likeness (QED) is 0.299. The van der Waals surface area contributed by atoms with Crippen molar-refractivity contribution in [3.05, 3.63) is 97.7 Å². The summed E-state index contributed by atoms with van der Waals surface area (Å²) in [6.07, 6.45) is 6.36. The predicted molar refractivity (Wildman–Crippen MR) is 136 cm³/mol. The molecule has 0 saturated heterocycles. The highest BCUT2D eigenvalue weighted by molar-refractivity contribution is 7.15. The van der Waals surface area contributed by atoms with Crippen molar-refractivity contribution < 1.29 is 9.15 Å². The highest BCUT2D eigenvalue weighted by atomic mass is 35.5. The maximum absolute atomic E-state index is 12.8. The van der Waals surface area contributed by atoms with Crippen molar-refractivity contribution in [3.8, 4) is 17.1 Å². The van der Waals surface area contributed by atoms with E-state index < -0.39 is 0 Å². The standard InChI is InChI=1S/C26H20ClN3O3S/c1-2-14-32-20-9-6-17(7-10-20)8-13-24-28-26-30(29-24)25(31)23(34-26)16-21-11-12-22(33-21)18-4-3-5-19(27)15-18/h3-13,15-16H,2,14H2,1H3/b13-8+,23-16-. The number of benzene rings is 2. The van der Waals surface area contributed by atoms with Crippen LogP contribution in [0.25, 0.3) is 34.5 Å². The van der Waals surface area contributed by atoms with Gasteiger partial charge in [-0.05, 0) is 54.5 Å². The summed E-state index contributed by atoms with van der Waals surface area (Å²) in [5, 5.41) is 4.97. The predicted octanol–water partition coefficient (Wildman–Crippen LogP) is 5.57. The molecule has 0 saturated carbocycles. The van der Waals surface area contributed by atoms with E-state index >= 15 is 0 Å². The molecule has 5 rings (SSSR count). The van der Waals surface area contributed by atoms with Gasteiger partial charge in [0.05, 0.1) is 6.61 Å². The topological polar surface area (TPSA) is 69.6 Å². The Balaban J connectivity index is 1.35. The van der Waals surface area contributed by atoms with Crippen molar-refractivity contribution in [2.24, 2.45) is 0 Å². The molecule has 0 aliphatic rings. The van der Waals surface area contributed by atoms with Crippen molar-refractivity contribution >= 4 is 46.1 Å². The van der Waals surface area contributed by atoms with E-state index in [0.717, 1.165) is 23.3 Å². The van der Waals surface area contributed by atoms with E-state index in [-0.39, 0.29) is 5.56 Å². The normalized spacial score (nSPS) is 12.2. The Bertz CT molecular complexity index is 1580. The average molecular weight is 490 g/mol. The lowest BCUT2D eigenvalue weighted by Gasteiger charge is -2.03. The maximum Gasteiger partial charge on any atom is 0.291 e. The summed E-state index contributed by atoms with van der Waals surface area (Å²) in [5.74, 6) is 2.57. The second-order valence-corrected chi connectivity index (χ2v) is 8.99. The molecule has 34 heavy (non-hydrogen) atoms. The smallest absolute Gasteiger partial charge is 0.291 e. The van der Waals surface area contributed by atoms with Crippen LogP contribution in [0.15, 0.2) is 69.9 Å². The molecule has 0 unspecified atom stereocenters. The lowest BCUT2D eigenvalue weighted by atomic mass is 10.2. The largest absolute Gasteiger partial charge is 0.494 e. The van der Waals surface area contributed by atoms with Gasteiger partial charge in [0.1, 0.15) is 21.8 Å². The molecule has 0 N–H and O–H groups in total. The third kappa shape index (κ3) is 4.81. The Kier molecular flexibility index (Phi) is 6.29. The number of furan rings is 1. The van der Waals surface area contributed by atoms with Gasteiger partial charge in [-0.2, -0.15) is 9.50 Å². The van der Waals surface area contributed by atoms with Crippen molar-refractivity contribution in [3.63, 3.8) is 0 Å². The first-order chi connectivity index (χ1) is 16.6. The molecule has 8 heteroatoms. The van der Waals surface area contributed by atoms with Crippen molar-refractivity contribution in [2.75, 3.05) is 6.61 Å². The first-order valence-corrected chi connectivity index (χ1v) is 12.0. The van der Waals surface area contributed by atoms with Crippen molar-refractivity contribution in [1.29, 1.82) is 0 Å². The Hall–Kier alpha value is -3.68. The Morgan fingerprint density at radius 1 is 1.12 bits per heavy atom. The summed E-state index contributed by atoms with van der Waals surface area (Å²) in [6.45, 7) is 2.77. The van der Waals surface area contributed by atoms with Crippen LogP contribution >= 0.6 is 22.9 Å². The van der Waals surface area contributed by atoms with Crippen LogP contribution in [-0.4, -0.2) is 21.2 Å². The van der Waals surface area contributed by atoms with Crippen LogP contribution in [0.4, 0.5) is 0 Å². The van der Waals surface area contributed by atoms with Gasteiger partial charge in [0.2, 0.25) is 4.96 Å². The van der Waals surface area contributed by atoms with Gasteiger partial charge < -0.3 is 9.15 Å². The summed E-state index contributed by atoms with van der Waals surface area (Å²) >= 11 is 7.33. The Morgan fingerprint density at radius 2 is 1.97 bits per heavy atom. The third-order valence-electron chi connectivity index (χ3n) is 4.99. The molecular weight excluding hydrogens is 470 g/mol. The summed E-state index contributed by atoms with van der Waals surface area (Å²) in [6, 6.07) is 18.9.